The molecule has 9 nitrogen and oxygen atoms in total. The first-order valence-corrected chi connectivity index (χ1v) is 10.6. The second-order valence-electron chi connectivity index (χ2n) is 7.62. The third-order valence-electron chi connectivity index (χ3n) is 5.34. The molecule has 4 aromatic rings. The summed E-state index contributed by atoms with van der Waals surface area (Å²) in [6.07, 6.45) is 2.99. The molecule has 1 amide bonds. The lowest BCUT2D eigenvalue weighted by Gasteiger charge is -2.14. The minimum Gasteiger partial charge on any atom is -0.497 e. The third kappa shape index (κ3) is 5.38. The van der Waals surface area contributed by atoms with E-state index in [9.17, 15) is 14.7 Å². The number of carboxylic acid groups (broad SMARTS) is 1. The zero-order valence-electron chi connectivity index (χ0n) is 18.1. The van der Waals surface area contributed by atoms with Gasteiger partial charge in [0, 0.05) is 41.9 Å². The molecule has 0 saturated carbocycles. The van der Waals surface area contributed by atoms with Crippen LogP contribution in [0.1, 0.15) is 24.3 Å². The standard InChI is InChI=1S/C24H24N4O5/c1-32-17-11-9-15(10-12-17)23-27-22(33-28-23)8-4-7-21(29)26-20(24(30)31)13-16-14-25-19-6-3-2-5-18(16)19/h2-3,5-6,9-12,14,20,25H,4,7-8,13H2,1H3,(H,26,29)(H,30,31). The van der Waals surface area contributed by atoms with Crippen LogP contribution in [0.15, 0.2) is 59.3 Å². The Labute approximate surface area is 189 Å². The molecule has 2 heterocycles. The number of carbonyl (C=O) groups is 2. The quantitative estimate of drug-likeness (QED) is 0.339. The lowest BCUT2D eigenvalue weighted by atomic mass is 10.0. The summed E-state index contributed by atoms with van der Waals surface area (Å²) in [6, 6.07) is 13.9. The number of carboxylic acids is 1. The van der Waals surface area contributed by atoms with E-state index >= 15 is 0 Å². The number of methoxy groups -OCH3 is 1. The van der Waals surface area contributed by atoms with Crippen molar-refractivity contribution in [1.29, 1.82) is 0 Å². The highest BCUT2D eigenvalue weighted by Crippen LogP contribution is 2.21. The van der Waals surface area contributed by atoms with Crippen molar-refractivity contribution < 1.29 is 24.0 Å². The number of ether oxygens (including phenoxy) is 1. The largest absolute Gasteiger partial charge is 0.497 e. The number of hydrogen-bond acceptors (Lipinski definition) is 6. The van der Waals surface area contributed by atoms with Crippen LogP contribution in [0.3, 0.4) is 0 Å². The summed E-state index contributed by atoms with van der Waals surface area (Å²) in [4.78, 5) is 31.5. The van der Waals surface area contributed by atoms with Crippen LogP contribution in [-0.2, 0) is 22.4 Å². The number of amides is 1. The van der Waals surface area contributed by atoms with Crippen molar-refractivity contribution in [2.45, 2.75) is 31.7 Å². The summed E-state index contributed by atoms with van der Waals surface area (Å²) < 4.78 is 10.4. The Morgan fingerprint density at radius 2 is 1.97 bits per heavy atom. The van der Waals surface area contributed by atoms with Gasteiger partial charge in [-0.1, -0.05) is 23.4 Å². The first kappa shape index (κ1) is 22.1. The summed E-state index contributed by atoms with van der Waals surface area (Å²) in [6.45, 7) is 0. The molecule has 9 heteroatoms. The monoisotopic (exact) mass is 448 g/mol. The molecule has 0 bridgehead atoms. The van der Waals surface area contributed by atoms with Gasteiger partial charge in [-0.2, -0.15) is 4.98 Å². The van der Waals surface area contributed by atoms with Crippen LogP contribution in [0.2, 0.25) is 0 Å². The zero-order chi connectivity index (χ0) is 23.2. The predicted octanol–water partition coefficient (Wildman–Crippen LogP) is 3.36. The van der Waals surface area contributed by atoms with Gasteiger partial charge in [0.05, 0.1) is 7.11 Å². The lowest BCUT2D eigenvalue weighted by Crippen LogP contribution is -2.42. The van der Waals surface area contributed by atoms with Gasteiger partial charge in [-0.05, 0) is 42.3 Å². The first-order valence-electron chi connectivity index (χ1n) is 10.6. The molecule has 0 aliphatic rings. The van der Waals surface area contributed by atoms with Crippen molar-refractivity contribution in [2.75, 3.05) is 7.11 Å². The molecular formula is C24H24N4O5. The highest BCUT2D eigenvalue weighted by Gasteiger charge is 2.22. The molecule has 2 aromatic carbocycles. The number of aromatic amines is 1. The molecule has 0 saturated heterocycles. The zero-order valence-corrected chi connectivity index (χ0v) is 18.1. The maximum atomic E-state index is 12.4. The number of rotatable bonds is 10. The summed E-state index contributed by atoms with van der Waals surface area (Å²) in [5.41, 5.74) is 2.57. The van der Waals surface area contributed by atoms with Crippen LogP contribution in [0.5, 0.6) is 5.75 Å². The molecule has 0 radical (unpaired) electrons. The highest BCUT2D eigenvalue weighted by molar-refractivity contribution is 5.86. The van der Waals surface area contributed by atoms with E-state index in [4.69, 9.17) is 9.26 Å². The van der Waals surface area contributed by atoms with Gasteiger partial charge >= 0.3 is 5.97 Å². The van der Waals surface area contributed by atoms with E-state index in [1.54, 1.807) is 13.3 Å². The first-order chi connectivity index (χ1) is 16.0. The minimum atomic E-state index is -1.07. The number of aliphatic carboxylic acids is 1. The molecule has 3 N–H and O–H groups in total. The SMILES string of the molecule is COc1ccc(-c2noc(CCCC(=O)NC(Cc3c[nH]c4ccccc34)C(=O)O)n2)cc1. The predicted molar refractivity (Wildman–Crippen MR) is 121 cm³/mol. The number of carbonyl (C=O) groups excluding carboxylic acids is 1. The fraction of sp³-hybridized carbons (Fsp3) is 0.250. The molecule has 0 aliphatic carbocycles. The van der Waals surface area contributed by atoms with E-state index < -0.39 is 12.0 Å². The molecule has 0 fully saturated rings. The van der Waals surface area contributed by atoms with Crippen molar-refractivity contribution in [3.63, 3.8) is 0 Å². The van der Waals surface area contributed by atoms with Crippen LogP contribution < -0.4 is 10.1 Å². The van der Waals surface area contributed by atoms with Crippen LogP contribution in [0.4, 0.5) is 0 Å². The number of fused-ring (bicyclic) bond motifs is 1. The molecule has 0 spiro atoms. The molecule has 0 aliphatic heterocycles. The van der Waals surface area contributed by atoms with Gasteiger partial charge < -0.3 is 24.7 Å². The number of nitrogens with zero attached hydrogens (tertiary/aromatic N) is 2. The second kappa shape index (κ2) is 9.99. The van der Waals surface area contributed by atoms with Crippen LogP contribution in [0.25, 0.3) is 22.3 Å². The van der Waals surface area contributed by atoms with E-state index in [-0.39, 0.29) is 18.7 Å². The molecule has 1 unspecified atom stereocenters. The normalized spacial score (nSPS) is 11.9. The summed E-state index contributed by atoms with van der Waals surface area (Å²) in [5, 5.41) is 17.1. The fourth-order valence-electron chi connectivity index (χ4n) is 3.60. The molecule has 170 valence electrons. The molecule has 33 heavy (non-hydrogen) atoms. The topological polar surface area (TPSA) is 130 Å². The van der Waals surface area contributed by atoms with E-state index in [0.717, 1.165) is 27.8 Å². The number of hydrogen-bond donors (Lipinski definition) is 3. The van der Waals surface area contributed by atoms with Gasteiger partial charge in [-0.15, -0.1) is 0 Å². The van der Waals surface area contributed by atoms with Gasteiger partial charge in [0.15, 0.2) is 0 Å². The number of aromatic nitrogens is 3. The second-order valence-corrected chi connectivity index (χ2v) is 7.62. The summed E-state index contributed by atoms with van der Waals surface area (Å²) in [7, 11) is 1.60. The van der Waals surface area contributed by atoms with E-state index in [2.05, 4.69) is 20.4 Å². The van der Waals surface area contributed by atoms with Gasteiger partial charge in [0.1, 0.15) is 11.8 Å². The Morgan fingerprint density at radius 3 is 2.73 bits per heavy atom. The van der Waals surface area contributed by atoms with E-state index in [1.165, 1.54) is 0 Å². The minimum absolute atomic E-state index is 0.151. The Bertz CT molecular complexity index is 1250. The Hall–Kier alpha value is -4.14. The number of benzene rings is 2. The number of aryl methyl sites for hydroxylation is 1. The molecule has 1 atom stereocenters. The molecular weight excluding hydrogens is 424 g/mol. The number of para-hydroxylation sites is 1. The summed E-state index contributed by atoms with van der Waals surface area (Å²) in [5.74, 6) is 0.202. The lowest BCUT2D eigenvalue weighted by molar-refractivity contribution is -0.141. The van der Waals surface area contributed by atoms with Crippen molar-refractivity contribution in [3.8, 4) is 17.1 Å². The van der Waals surface area contributed by atoms with Crippen molar-refractivity contribution in [3.05, 3.63) is 66.2 Å². The van der Waals surface area contributed by atoms with Crippen LogP contribution in [0, 0.1) is 0 Å². The van der Waals surface area contributed by atoms with Crippen LogP contribution >= 0.6 is 0 Å². The van der Waals surface area contributed by atoms with Crippen molar-refractivity contribution >= 4 is 22.8 Å². The Kier molecular flexibility index (Phi) is 6.68. The molecule has 2 aromatic heterocycles. The average molecular weight is 448 g/mol. The Balaban J connectivity index is 1.29. The van der Waals surface area contributed by atoms with Gasteiger partial charge in [-0.25, -0.2) is 4.79 Å². The van der Waals surface area contributed by atoms with E-state index in [1.807, 2.05) is 48.5 Å². The van der Waals surface area contributed by atoms with Crippen molar-refractivity contribution in [2.24, 2.45) is 0 Å². The third-order valence-corrected chi connectivity index (χ3v) is 5.34. The number of H-pyrrole nitrogens is 1. The molecule has 4 rings (SSSR count). The van der Waals surface area contributed by atoms with Gasteiger partial charge in [0.2, 0.25) is 17.6 Å². The summed E-state index contributed by atoms with van der Waals surface area (Å²) >= 11 is 0. The average Bonchev–Trinajstić information content (AvgIpc) is 3.46. The maximum Gasteiger partial charge on any atom is 0.326 e. The Morgan fingerprint density at radius 1 is 1.18 bits per heavy atom. The maximum absolute atomic E-state index is 12.4. The highest BCUT2D eigenvalue weighted by atomic mass is 16.5. The number of nitrogens with one attached hydrogen (secondary N) is 2. The van der Waals surface area contributed by atoms with Gasteiger partial charge in [-0.3, -0.25) is 4.79 Å². The van der Waals surface area contributed by atoms with Crippen molar-refractivity contribution in [1.82, 2.24) is 20.4 Å². The smallest absolute Gasteiger partial charge is 0.326 e. The van der Waals surface area contributed by atoms with E-state index in [0.29, 0.717) is 24.6 Å². The fourth-order valence-corrected chi connectivity index (χ4v) is 3.60. The van der Waals surface area contributed by atoms with Crippen LogP contribution in [-0.4, -0.2) is 45.3 Å². The van der Waals surface area contributed by atoms with Gasteiger partial charge in [0.25, 0.3) is 0 Å².